The van der Waals surface area contributed by atoms with Crippen molar-refractivity contribution in [1.82, 2.24) is 10.6 Å². The van der Waals surface area contributed by atoms with E-state index in [0.29, 0.717) is 38.6 Å². The van der Waals surface area contributed by atoms with Crippen molar-refractivity contribution in [3.8, 4) is 0 Å². The Morgan fingerprint density at radius 3 is 1.93 bits per heavy atom. The lowest BCUT2D eigenvalue weighted by atomic mass is 9.91. The lowest BCUT2D eigenvalue weighted by molar-refractivity contribution is -0.153. The lowest BCUT2D eigenvalue weighted by Gasteiger charge is -2.25. The zero-order chi connectivity index (χ0) is 33.1. The number of unbranched alkanes of at least 4 members (excludes halogenated alkanes) is 2. The van der Waals surface area contributed by atoms with Gasteiger partial charge in [0.05, 0.1) is 19.3 Å². The quantitative estimate of drug-likeness (QED) is 0.0573. The zero-order valence-electron chi connectivity index (χ0n) is 26.3. The van der Waals surface area contributed by atoms with Gasteiger partial charge in [-0.05, 0) is 45.7 Å². The Balaban J connectivity index is 5.43. The first-order valence-corrected chi connectivity index (χ1v) is 15.1. The van der Waals surface area contributed by atoms with E-state index in [-0.39, 0.29) is 38.0 Å². The summed E-state index contributed by atoms with van der Waals surface area (Å²) in [5.74, 6) is -6.84. The van der Waals surface area contributed by atoms with Gasteiger partial charge in [-0.2, -0.15) is 0 Å². The third-order valence-electron chi connectivity index (χ3n) is 7.24. The minimum absolute atomic E-state index is 0.0241. The largest absolute Gasteiger partial charge is 0.463 e. The van der Waals surface area contributed by atoms with Crippen molar-refractivity contribution in [1.29, 1.82) is 0 Å². The molecule has 0 fully saturated rings. The number of carbonyl (C=O) groups is 7. The van der Waals surface area contributed by atoms with Crippen LogP contribution in [0.25, 0.3) is 0 Å². The highest BCUT2D eigenvalue weighted by Crippen LogP contribution is 2.18. The number of carbonyl (C=O) groups excluding carboxylic acids is 7. The van der Waals surface area contributed by atoms with Crippen molar-refractivity contribution in [2.24, 2.45) is 29.2 Å². The first kappa shape index (κ1) is 40.0. The molecule has 6 atom stereocenters. The Morgan fingerprint density at radius 1 is 0.767 bits per heavy atom. The van der Waals surface area contributed by atoms with Crippen LogP contribution >= 0.6 is 0 Å². The van der Waals surface area contributed by atoms with Gasteiger partial charge in [0.25, 0.3) is 0 Å². The molecule has 0 saturated heterocycles. The number of aliphatic hydroxyl groups excluding tert-OH is 1. The third-order valence-corrected chi connectivity index (χ3v) is 7.24. The number of esters is 1. The van der Waals surface area contributed by atoms with Gasteiger partial charge >= 0.3 is 5.97 Å². The van der Waals surface area contributed by atoms with Crippen LogP contribution in [0.1, 0.15) is 91.9 Å². The van der Waals surface area contributed by atoms with Gasteiger partial charge < -0.3 is 31.9 Å². The summed E-state index contributed by atoms with van der Waals surface area (Å²) in [6, 6.07) is -2.35. The van der Waals surface area contributed by atoms with Gasteiger partial charge in [0.15, 0.2) is 11.6 Å². The second kappa shape index (κ2) is 21.6. The highest BCUT2D eigenvalue weighted by molar-refractivity contribution is 6.34. The number of hydrogen-bond acceptors (Lipinski definition) is 11. The zero-order valence-corrected chi connectivity index (χ0v) is 26.3. The molecule has 2 amide bonds. The number of methoxy groups -OCH3 is 1. The Labute approximate surface area is 254 Å². The molecule has 246 valence electrons. The molecule has 0 aromatic carbocycles. The molecule has 13 heteroatoms. The molecule has 0 rings (SSSR count). The molecule has 0 aliphatic rings. The fourth-order valence-electron chi connectivity index (χ4n) is 4.51. The summed E-state index contributed by atoms with van der Waals surface area (Å²) in [5.41, 5.74) is 11.2. The second-order valence-electron chi connectivity index (χ2n) is 11.2. The number of Topliss-reactive ketones (excluding diaryl/α,β-unsaturated/α-hetero) is 4. The molecule has 0 saturated carbocycles. The van der Waals surface area contributed by atoms with E-state index in [1.807, 2.05) is 6.92 Å². The molecule has 43 heavy (non-hydrogen) atoms. The Hall–Kier alpha value is -3.03. The number of nitrogens with one attached hydrogen (secondary N) is 2. The third kappa shape index (κ3) is 15.3. The minimum Gasteiger partial charge on any atom is -0.463 e. The van der Waals surface area contributed by atoms with Crippen LogP contribution in [0.5, 0.6) is 0 Å². The number of aliphatic hydroxyl groups is 1. The Morgan fingerprint density at radius 2 is 1.40 bits per heavy atom. The van der Waals surface area contributed by atoms with Gasteiger partial charge in [-0.25, -0.2) is 4.79 Å². The van der Waals surface area contributed by atoms with Crippen LogP contribution in [0.3, 0.4) is 0 Å². The van der Waals surface area contributed by atoms with Crippen molar-refractivity contribution in [2.75, 3.05) is 20.2 Å². The normalized spacial score (nSPS) is 15.3. The van der Waals surface area contributed by atoms with E-state index in [9.17, 15) is 38.7 Å². The summed E-state index contributed by atoms with van der Waals surface area (Å²) in [5, 5.41) is 15.5. The van der Waals surface area contributed by atoms with Gasteiger partial charge in [0.1, 0.15) is 11.8 Å². The molecular weight excluding hydrogens is 560 g/mol. The number of nitrogens with two attached hydrogens (primary N) is 2. The van der Waals surface area contributed by atoms with E-state index in [2.05, 4.69) is 15.4 Å². The van der Waals surface area contributed by atoms with Crippen LogP contribution in [0, 0.1) is 17.8 Å². The molecule has 0 spiro atoms. The number of hydrogen-bond donors (Lipinski definition) is 5. The maximum absolute atomic E-state index is 13.1. The predicted molar refractivity (Wildman–Crippen MR) is 159 cm³/mol. The van der Waals surface area contributed by atoms with E-state index in [4.69, 9.17) is 11.5 Å². The Kier molecular flexibility index (Phi) is 20.1. The molecule has 0 aliphatic carbocycles. The average molecular weight is 613 g/mol. The van der Waals surface area contributed by atoms with Crippen LogP contribution in [0.4, 0.5) is 0 Å². The summed E-state index contributed by atoms with van der Waals surface area (Å²) in [6.07, 6.45) is 1.76. The van der Waals surface area contributed by atoms with Crippen molar-refractivity contribution < 1.29 is 43.4 Å². The predicted octanol–water partition coefficient (Wildman–Crippen LogP) is 0.513. The molecule has 7 N–H and O–H groups in total. The van der Waals surface area contributed by atoms with E-state index < -0.39 is 71.1 Å². The number of ketones is 4. The molecule has 0 aromatic heterocycles. The van der Waals surface area contributed by atoms with Gasteiger partial charge in [0, 0.05) is 43.4 Å². The molecule has 0 radical (unpaired) electrons. The van der Waals surface area contributed by atoms with Crippen molar-refractivity contribution in [2.45, 2.75) is 110 Å². The SMILES string of the molecule is CCCCC(=O)C[C@@H](CCCCN)C(=O)N[C@H](C(=O)C[C@@H](C)C(=O)N[C@@H](CCN)C(=O)C[C@@H](C)C(=O)C(=O)OC)[C@@H](C)O. The minimum atomic E-state index is -1.31. The lowest BCUT2D eigenvalue weighted by Crippen LogP contribution is -2.51. The smallest absolute Gasteiger partial charge is 0.374 e. The highest BCUT2D eigenvalue weighted by atomic mass is 16.5. The number of ether oxygens (including phenoxy) is 1. The van der Waals surface area contributed by atoms with Gasteiger partial charge in [0.2, 0.25) is 17.6 Å². The van der Waals surface area contributed by atoms with E-state index in [1.165, 1.54) is 20.8 Å². The van der Waals surface area contributed by atoms with Gasteiger partial charge in [-0.3, -0.25) is 28.8 Å². The number of rotatable bonds is 24. The van der Waals surface area contributed by atoms with E-state index in [0.717, 1.165) is 13.5 Å². The average Bonchev–Trinajstić information content (AvgIpc) is 2.96. The molecule has 0 aliphatic heterocycles. The van der Waals surface area contributed by atoms with Gasteiger partial charge in [-0.1, -0.05) is 33.6 Å². The fourth-order valence-corrected chi connectivity index (χ4v) is 4.51. The summed E-state index contributed by atoms with van der Waals surface area (Å²) in [6.45, 7) is 6.65. The molecular formula is C30H52N4O9. The summed E-state index contributed by atoms with van der Waals surface area (Å²) >= 11 is 0. The molecule has 0 bridgehead atoms. The van der Waals surface area contributed by atoms with Crippen molar-refractivity contribution in [3.05, 3.63) is 0 Å². The standard InChI is InChI=1S/C30H52N4O9/c1-6-7-11-22(36)17-21(10-8-9-13-31)29(41)34-26(20(4)35)25(38)16-19(3)28(40)33-23(12-14-32)24(37)15-18(2)27(39)30(42)43-5/h18-21,23,26,35H,6-17,31-32H2,1-5H3,(H,33,40)(H,34,41)/t18-,19-,20-,21-,23+,26+/m1/s1. The second-order valence-corrected chi connectivity index (χ2v) is 11.2. The molecule has 0 aromatic rings. The van der Waals surface area contributed by atoms with Crippen LogP contribution in [-0.2, 0) is 38.3 Å². The summed E-state index contributed by atoms with van der Waals surface area (Å²) < 4.78 is 4.40. The summed E-state index contributed by atoms with van der Waals surface area (Å²) in [7, 11) is 1.06. The first-order chi connectivity index (χ1) is 20.2. The van der Waals surface area contributed by atoms with E-state index in [1.54, 1.807) is 0 Å². The van der Waals surface area contributed by atoms with Crippen LogP contribution < -0.4 is 22.1 Å². The van der Waals surface area contributed by atoms with Gasteiger partial charge in [-0.15, -0.1) is 0 Å². The van der Waals surface area contributed by atoms with Crippen molar-refractivity contribution in [3.63, 3.8) is 0 Å². The maximum atomic E-state index is 13.1. The van der Waals surface area contributed by atoms with E-state index >= 15 is 0 Å². The fraction of sp³-hybridized carbons (Fsp3) is 0.767. The highest BCUT2D eigenvalue weighted by Gasteiger charge is 2.33. The monoisotopic (exact) mass is 612 g/mol. The van der Waals surface area contributed by atoms with Crippen LogP contribution in [0.15, 0.2) is 0 Å². The maximum Gasteiger partial charge on any atom is 0.374 e. The number of amides is 2. The molecule has 0 unspecified atom stereocenters. The summed E-state index contributed by atoms with van der Waals surface area (Å²) in [4.78, 5) is 87.9. The van der Waals surface area contributed by atoms with Crippen LogP contribution in [-0.4, -0.2) is 84.4 Å². The van der Waals surface area contributed by atoms with Crippen molar-refractivity contribution >= 4 is 40.9 Å². The molecule has 13 nitrogen and oxygen atoms in total. The van der Waals surface area contributed by atoms with Crippen LogP contribution in [0.2, 0.25) is 0 Å². The topological polar surface area (TPSA) is 225 Å². The first-order valence-electron chi connectivity index (χ1n) is 15.1. The molecule has 0 heterocycles. The Bertz CT molecular complexity index is 954.